The summed E-state index contributed by atoms with van der Waals surface area (Å²) >= 11 is 0. The quantitative estimate of drug-likeness (QED) is 0.365. The molecule has 4 heteroatoms. The van der Waals surface area contributed by atoms with Gasteiger partial charge in [-0.2, -0.15) is 0 Å². The maximum atomic E-state index is 5.63. The molecule has 0 unspecified atom stereocenters. The van der Waals surface area contributed by atoms with Gasteiger partial charge in [0.2, 0.25) is 0 Å². The van der Waals surface area contributed by atoms with Gasteiger partial charge in [0.1, 0.15) is 0 Å². The third-order valence-corrected chi connectivity index (χ3v) is 1.36. The Labute approximate surface area is 80.1 Å². The fourth-order valence-electron chi connectivity index (χ4n) is 0.817. The van der Waals surface area contributed by atoms with Crippen LogP contribution in [-0.4, -0.2) is 38.8 Å². The molecule has 0 atom stereocenters. The number of methoxy groups -OCH3 is 1. The van der Waals surface area contributed by atoms with Crippen molar-refractivity contribution in [2.75, 3.05) is 26.9 Å². The van der Waals surface area contributed by atoms with Crippen molar-refractivity contribution < 1.29 is 9.47 Å². The first-order valence-electron chi connectivity index (χ1n) is 4.55. The molecule has 0 heterocycles. The number of amidine groups is 1. The summed E-state index contributed by atoms with van der Waals surface area (Å²) in [4.78, 5) is 4.18. The molecule has 0 spiro atoms. The average Bonchev–Trinajstić information content (AvgIpc) is 2.02. The van der Waals surface area contributed by atoms with Crippen LogP contribution in [-0.2, 0) is 9.47 Å². The summed E-state index contributed by atoms with van der Waals surface area (Å²) < 4.78 is 10.1. The van der Waals surface area contributed by atoms with Crippen LogP contribution in [0.2, 0.25) is 0 Å². The number of ether oxygens (including phenoxy) is 2. The Bertz CT molecular complexity index is 147. The van der Waals surface area contributed by atoms with E-state index in [1.54, 1.807) is 7.11 Å². The maximum absolute atomic E-state index is 5.63. The van der Waals surface area contributed by atoms with Crippen molar-refractivity contribution in [3.63, 3.8) is 0 Å². The van der Waals surface area contributed by atoms with Crippen LogP contribution in [0.25, 0.3) is 0 Å². The predicted molar refractivity (Wildman–Crippen MR) is 54.1 cm³/mol. The van der Waals surface area contributed by atoms with E-state index in [1.165, 1.54) is 0 Å². The van der Waals surface area contributed by atoms with Crippen molar-refractivity contribution in [1.29, 1.82) is 0 Å². The first-order valence-corrected chi connectivity index (χ1v) is 4.55. The molecule has 0 bridgehead atoms. The Morgan fingerprint density at radius 1 is 1.31 bits per heavy atom. The number of aliphatic imine (C=N–C) groups is 1. The predicted octanol–water partition coefficient (Wildman–Crippen LogP) is 0.805. The Balaban J connectivity index is 3.31. The second-order valence-electron chi connectivity index (χ2n) is 3.07. The molecular formula is C9H20N2O2. The molecule has 0 aliphatic carbocycles. The molecule has 0 aromatic carbocycles. The minimum absolute atomic E-state index is 0.263. The van der Waals surface area contributed by atoms with Gasteiger partial charge in [0.25, 0.3) is 0 Å². The van der Waals surface area contributed by atoms with Gasteiger partial charge in [-0.25, -0.2) is 0 Å². The summed E-state index contributed by atoms with van der Waals surface area (Å²) in [6, 6.07) is 0.263. The topological polar surface area (TPSA) is 56.8 Å². The van der Waals surface area contributed by atoms with Gasteiger partial charge in [0.15, 0.2) is 0 Å². The Morgan fingerprint density at radius 3 is 2.54 bits per heavy atom. The summed E-state index contributed by atoms with van der Waals surface area (Å²) in [5, 5.41) is 0. The van der Waals surface area contributed by atoms with Crippen molar-refractivity contribution in [2.24, 2.45) is 10.7 Å². The SMILES string of the molecule is COCCOCCC(N)=NC(C)C. The van der Waals surface area contributed by atoms with Crippen LogP contribution in [0.1, 0.15) is 20.3 Å². The minimum atomic E-state index is 0.263. The zero-order valence-electron chi connectivity index (χ0n) is 8.75. The van der Waals surface area contributed by atoms with Crippen molar-refractivity contribution in [3.8, 4) is 0 Å². The van der Waals surface area contributed by atoms with Gasteiger partial charge in [-0.3, -0.25) is 4.99 Å². The summed E-state index contributed by atoms with van der Waals surface area (Å²) in [6.45, 7) is 5.86. The molecule has 0 aromatic heterocycles. The van der Waals surface area contributed by atoms with Gasteiger partial charge in [0, 0.05) is 19.6 Å². The zero-order valence-corrected chi connectivity index (χ0v) is 8.75. The van der Waals surface area contributed by atoms with Gasteiger partial charge in [0.05, 0.1) is 25.7 Å². The molecule has 4 nitrogen and oxygen atoms in total. The van der Waals surface area contributed by atoms with Gasteiger partial charge in [-0.05, 0) is 13.8 Å². The fraction of sp³-hybridized carbons (Fsp3) is 0.889. The molecule has 0 radical (unpaired) electrons. The zero-order chi connectivity index (χ0) is 10.1. The van der Waals surface area contributed by atoms with E-state index in [4.69, 9.17) is 15.2 Å². The van der Waals surface area contributed by atoms with Gasteiger partial charge in [-0.1, -0.05) is 0 Å². The molecule has 0 rings (SSSR count). The van der Waals surface area contributed by atoms with E-state index in [2.05, 4.69) is 4.99 Å². The summed E-state index contributed by atoms with van der Waals surface area (Å²) in [7, 11) is 1.65. The number of nitrogens with two attached hydrogens (primary N) is 1. The molecule has 13 heavy (non-hydrogen) atoms. The van der Waals surface area contributed by atoms with Crippen LogP contribution in [0.4, 0.5) is 0 Å². The highest BCUT2D eigenvalue weighted by Crippen LogP contribution is 1.89. The number of rotatable bonds is 7. The number of hydrogen-bond donors (Lipinski definition) is 1. The monoisotopic (exact) mass is 188 g/mol. The van der Waals surface area contributed by atoms with Crippen LogP contribution in [0.15, 0.2) is 4.99 Å². The van der Waals surface area contributed by atoms with E-state index in [-0.39, 0.29) is 6.04 Å². The smallest absolute Gasteiger partial charge is 0.0963 e. The normalized spacial score (nSPS) is 12.5. The van der Waals surface area contributed by atoms with Gasteiger partial charge >= 0.3 is 0 Å². The van der Waals surface area contributed by atoms with Crippen molar-refractivity contribution >= 4 is 5.84 Å². The summed E-state index contributed by atoms with van der Waals surface area (Å²) in [5.41, 5.74) is 5.63. The second kappa shape index (κ2) is 8.01. The van der Waals surface area contributed by atoms with Crippen molar-refractivity contribution in [3.05, 3.63) is 0 Å². The molecule has 0 saturated carbocycles. The Kier molecular flexibility index (Phi) is 7.63. The molecule has 0 fully saturated rings. The molecule has 0 saturated heterocycles. The van der Waals surface area contributed by atoms with Gasteiger partial charge < -0.3 is 15.2 Å². The third kappa shape index (κ3) is 9.30. The summed E-state index contributed by atoms with van der Waals surface area (Å²) in [5.74, 6) is 0.660. The highest BCUT2D eigenvalue weighted by molar-refractivity contribution is 5.80. The molecule has 0 aromatic rings. The van der Waals surface area contributed by atoms with Crippen LogP contribution >= 0.6 is 0 Å². The molecule has 0 aliphatic heterocycles. The maximum Gasteiger partial charge on any atom is 0.0963 e. The van der Waals surface area contributed by atoms with Crippen LogP contribution in [0.5, 0.6) is 0 Å². The van der Waals surface area contributed by atoms with Crippen LogP contribution < -0.4 is 5.73 Å². The third-order valence-electron chi connectivity index (χ3n) is 1.36. The lowest BCUT2D eigenvalue weighted by molar-refractivity contribution is 0.0742. The molecule has 2 N–H and O–H groups in total. The largest absolute Gasteiger partial charge is 0.387 e. The highest BCUT2D eigenvalue weighted by Gasteiger charge is 1.95. The first-order chi connectivity index (χ1) is 6.16. The molecule has 78 valence electrons. The van der Waals surface area contributed by atoms with E-state index >= 15 is 0 Å². The second-order valence-corrected chi connectivity index (χ2v) is 3.07. The van der Waals surface area contributed by atoms with E-state index in [0.717, 1.165) is 0 Å². The number of hydrogen-bond acceptors (Lipinski definition) is 3. The highest BCUT2D eigenvalue weighted by atomic mass is 16.5. The minimum Gasteiger partial charge on any atom is -0.387 e. The van der Waals surface area contributed by atoms with E-state index in [0.29, 0.717) is 32.1 Å². The van der Waals surface area contributed by atoms with Crippen molar-refractivity contribution in [1.82, 2.24) is 0 Å². The van der Waals surface area contributed by atoms with Crippen LogP contribution in [0, 0.1) is 0 Å². The molecular weight excluding hydrogens is 168 g/mol. The fourth-order valence-corrected chi connectivity index (χ4v) is 0.817. The lowest BCUT2D eigenvalue weighted by Gasteiger charge is -2.04. The summed E-state index contributed by atoms with van der Waals surface area (Å²) in [6.07, 6.45) is 0.696. The Hall–Kier alpha value is -0.610. The average molecular weight is 188 g/mol. The lowest BCUT2D eigenvalue weighted by Crippen LogP contribution is -2.17. The molecule has 0 aliphatic rings. The van der Waals surface area contributed by atoms with E-state index in [1.807, 2.05) is 13.8 Å². The van der Waals surface area contributed by atoms with Crippen LogP contribution in [0.3, 0.4) is 0 Å². The van der Waals surface area contributed by atoms with Crippen molar-refractivity contribution in [2.45, 2.75) is 26.3 Å². The Morgan fingerprint density at radius 2 is 2.00 bits per heavy atom. The lowest BCUT2D eigenvalue weighted by atomic mass is 10.4. The number of nitrogens with zero attached hydrogens (tertiary/aromatic N) is 1. The standard InChI is InChI=1S/C9H20N2O2/c1-8(2)11-9(10)4-5-13-7-6-12-3/h8H,4-7H2,1-3H3,(H2,10,11). The van der Waals surface area contributed by atoms with Gasteiger partial charge in [-0.15, -0.1) is 0 Å². The van der Waals surface area contributed by atoms with E-state index < -0.39 is 0 Å². The first kappa shape index (κ1) is 12.4. The molecule has 0 amide bonds. The van der Waals surface area contributed by atoms with E-state index in [9.17, 15) is 0 Å².